The van der Waals surface area contributed by atoms with Crippen LogP contribution >= 0.6 is 11.6 Å². The molecule has 1 amide bonds. The molecule has 2 aliphatic heterocycles. The van der Waals surface area contributed by atoms with Crippen molar-refractivity contribution < 1.29 is 9.72 Å². The number of piperazine rings is 1. The van der Waals surface area contributed by atoms with Crippen LogP contribution in [0.15, 0.2) is 72.8 Å². The summed E-state index contributed by atoms with van der Waals surface area (Å²) in [6, 6.07) is 22.3. The number of hydrogen-bond acceptors (Lipinski definition) is 5. The van der Waals surface area contributed by atoms with E-state index in [1.54, 1.807) is 12.1 Å². The number of carbonyl (C=O) groups excluding carboxylic acids is 1. The Bertz CT molecular complexity index is 1260. The van der Waals surface area contributed by atoms with Crippen molar-refractivity contribution in [3.05, 3.63) is 105 Å². The second-order valence-corrected chi connectivity index (χ2v) is 9.82. The first-order chi connectivity index (χ1) is 17.5. The van der Waals surface area contributed by atoms with Crippen LogP contribution in [0.4, 0.5) is 11.4 Å². The first kappa shape index (κ1) is 24.3. The zero-order valence-electron chi connectivity index (χ0n) is 20.1. The van der Waals surface area contributed by atoms with E-state index in [1.165, 1.54) is 6.07 Å². The largest absolute Gasteiger partial charge is 0.369 e. The van der Waals surface area contributed by atoms with Gasteiger partial charge in [-0.25, -0.2) is 0 Å². The molecule has 2 aliphatic rings. The van der Waals surface area contributed by atoms with Gasteiger partial charge in [0.1, 0.15) is 0 Å². The molecule has 0 spiro atoms. The molecule has 0 aromatic heterocycles. The summed E-state index contributed by atoms with van der Waals surface area (Å²) >= 11 is 6.16. The van der Waals surface area contributed by atoms with Crippen molar-refractivity contribution in [2.24, 2.45) is 0 Å². The molecule has 7 nitrogen and oxygen atoms in total. The van der Waals surface area contributed by atoms with Gasteiger partial charge in [-0.2, -0.15) is 0 Å². The van der Waals surface area contributed by atoms with Crippen LogP contribution < -0.4 is 4.90 Å². The van der Waals surface area contributed by atoms with Gasteiger partial charge >= 0.3 is 0 Å². The van der Waals surface area contributed by atoms with E-state index < -0.39 is 0 Å². The third kappa shape index (κ3) is 5.22. The highest BCUT2D eigenvalue weighted by molar-refractivity contribution is 6.30. The number of hydrogen-bond donors (Lipinski definition) is 0. The van der Waals surface area contributed by atoms with E-state index in [1.807, 2.05) is 53.4 Å². The summed E-state index contributed by atoms with van der Waals surface area (Å²) in [5.41, 5.74) is 4.01. The molecule has 3 aromatic carbocycles. The summed E-state index contributed by atoms with van der Waals surface area (Å²) in [7, 11) is 0. The molecule has 0 bridgehead atoms. The van der Waals surface area contributed by atoms with Gasteiger partial charge in [-0.05, 0) is 47.9 Å². The lowest BCUT2D eigenvalue weighted by Crippen LogP contribution is -2.47. The van der Waals surface area contributed by atoms with Crippen LogP contribution in [0.5, 0.6) is 0 Å². The molecule has 5 rings (SSSR count). The first-order valence-corrected chi connectivity index (χ1v) is 12.7. The lowest BCUT2D eigenvalue weighted by molar-refractivity contribution is -0.384. The molecule has 1 fully saturated rings. The minimum absolute atomic E-state index is 0.0422. The number of nitrogens with zero attached hydrogens (tertiary/aromatic N) is 4. The SMILES string of the molecule is O=C1Cc2ccccc2C(c2cccc([N+](=O)[O-])c2)N1CCCN1CCN(c2cccc(Cl)c2)CC1. The standard InChI is InChI=1S/C28H29ClN4O3/c29-23-8-4-9-24(20-23)31-16-14-30(15-17-31)12-5-13-32-27(34)19-21-6-1-2-11-26(21)28(32)22-7-3-10-25(18-22)33(35)36/h1-4,6-11,18,20,28H,5,12-17,19H2. The number of halogens is 1. The van der Waals surface area contributed by atoms with Crippen molar-refractivity contribution in [3.63, 3.8) is 0 Å². The number of anilines is 1. The Kier molecular flexibility index (Phi) is 7.20. The van der Waals surface area contributed by atoms with Gasteiger partial charge in [0.2, 0.25) is 5.91 Å². The number of nitro groups is 1. The Hall–Kier alpha value is -3.42. The summed E-state index contributed by atoms with van der Waals surface area (Å²) in [6.45, 7) is 5.29. The molecule has 186 valence electrons. The molecular formula is C28H29ClN4O3. The average Bonchev–Trinajstić information content (AvgIpc) is 2.89. The molecule has 36 heavy (non-hydrogen) atoms. The monoisotopic (exact) mass is 504 g/mol. The van der Waals surface area contributed by atoms with E-state index >= 15 is 0 Å². The normalized spacial score (nSPS) is 18.2. The van der Waals surface area contributed by atoms with E-state index in [-0.39, 0.29) is 22.6 Å². The van der Waals surface area contributed by atoms with Crippen LogP contribution in [0, 0.1) is 10.1 Å². The summed E-state index contributed by atoms with van der Waals surface area (Å²) < 4.78 is 0. The van der Waals surface area contributed by atoms with Crippen molar-refractivity contribution in [2.45, 2.75) is 18.9 Å². The summed E-state index contributed by atoms with van der Waals surface area (Å²) in [5.74, 6) is 0.0657. The summed E-state index contributed by atoms with van der Waals surface area (Å²) in [6.07, 6.45) is 1.20. The third-order valence-corrected chi connectivity index (χ3v) is 7.37. The molecule has 3 aromatic rings. The van der Waals surface area contributed by atoms with E-state index in [2.05, 4.69) is 15.9 Å². The number of amides is 1. The first-order valence-electron chi connectivity index (χ1n) is 12.3. The van der Waals surface area contributed by atoms with E-state index in [4.69, 9.17) is 11.6 Å². The Balaban J connectivity index is 1.26. The van der Waals surface area contributed by atoms with Gasteiger partial charge in [-0.15, -0.1) is 0 Å². The van der Waals surface area contributed by atoms with Crippen molar-refractivity contribution in [3.8, 4) is 0 Å². The fourth-order valence-electron chi connectivity index (χ4n) is 5.33. The van der Waals surface area contributed by atoms with Gasteiger partial charge < -0.3 is 9.80 Å². The fraction of sp³-hybridized carbons (Fsp3) is 0.321. The van der Waals surface area contributed by atoms with Crippen LogP contribution in [0.2, 0.25) is 5.02 Å². The minimum Gasteiger partial charge on any atom is -0.369 e. The van der Waals surface area contributed by atoms with Crippen molar-refractivity contribution in [1.29, 1.82) is 0 Å². The maximum atomic E-state index is 13.2. The molecule has 0 saturated carbocycles. The summed E-state index contributed by atoms with van der Waals surface area (Å²) in [5, 5.41) is 12.2. The average molecular weight is 505 g/mol. The highest BCUT2D eigenvalue weighted by Crippen LogP contribution is 2.37. The van der Waals surface area contributed by atoms with E-state index in [0.29, 0.717) is 13.0 Å². The predicted molar refractivity (Wildman–Crippen MR) is 142 cm³/mol. The summed E-state index contributed by atoms with van der Waals surface area (Å²) in [4.78, 5) is 31.0. The van der Waals surface area contributed by atoms with Crippen molar-refractivity contribution >= 4 is 28.9 Å². The van der Waals surface area contributed by atoms with E-state index in [9.17, 15) is 14.9 Å². The van der Waals surface area contributed by atoms with Gasteiger partial charge in [0.25, 0.3) is 5.69 Å². The molecule has 0 radical (unpaired) electrons. The zero-order chi connectivity index (χ0) is 25.1. The van der Waals surface area contributed by atoms with Crippen LogP contribution in [-0.2, 0) is 11.2 Å². The highest BCUT2D eigenvalue weighted by atomic mass is 35.5. The molecule has 8 heteroatoms. The van der Waals surface area contributed by atoms with Crippen molar-refractivity contribution in [1.82, 2.24) is 9.80 Å². The van der Waals surface area contributed by atoms with Crippen molar-refractivity contribution in [2.75, 3.05) is 44.2 Å². The number of nitro benzene ring substituents is 1. The maximum Gasteiger partial charge on any atom is 0.269 e. The van der Waals surface area contributed by atoms with Gasteiger partial charge in [-0.1, -0.05) is 54.1 Å². The molecule has 1 unspecified atom stereocenters. The highest BCUT2D eigenvalue weighted by Gasteiger charge is 2.33. The Labute approximate surface area is 216 Å². The Morgan fingerprint density at radius 1 is 0.917 bits per heavy atom. The molecule has 0 aliphatic carbocycles. The second-order valence-electron chi connectivity index (χ2n) is 9.38. The Morgan fingerprint density at radius 2 is 1.69 bits per heavy atom. The fourth-order valence-corrected chi connectivity index (χ4v) is 5.51. The van der Waals surface area contributed by atoms with Gasteiger partial charge in [0.15, 0.2) is 0 Å². The molecule has 1 atom stereocenters. The molecule has 1 saturated heterocycles. The predicted octanol–water partition coefficient (Wildman–Crippen LogP) is 4.93. The van der Waals surface area contributed by atoms with E-state index in [0.717, 1.165) is 66.5 Å². The minimum atomic E-state index is -0.382. The molecule has 0 N–H and O–H groups in total. The smallest absolute Gasteiger partial charge is 0.269 e. The topological polar surface area (TPSA) is 69.9 Å². The van der Waals surface area contributed by atoms with Gasteiger partial charge in [0.05, 0.1) is 17.4 Å². The molecule has 2 heterocycles. The number of fused-ring (bicyclic) bond motifs is 1. The third-order valence-electron chi connectivity index (χ3n) is 7.14. The maximum absolute atomic E-state index is 13.2. The lowest BCUT2D eigenvalue weighted by Gasteiger charge is -2.39. The van der Waals surface area contributed by atoms with Crippen LogP contribution in [-0.4, -0.2) is 59.9 Å². The Morgan fingerprint density at radius 3 is 2.47 bits per heavy atom. The van der Waals surface area contributed by atoms with Gasteiger partial charge in [-0.3, -0.25) is 19.8 Å². The van der Waals surface area contributed by atoms with Crippen LogP contribution in [0.25, 0.3) is 0 Å². The number of benzene rings is 3. The van der Waals surface area contributed by atoms with Crippen LogP contribution in [0.3, 0.4) is 0 Å². The van der Waals surface area contributed by atoms with Gasteiger partial charge in [0, 0.05) is 55.6 Å². The number of rotatable bonds is 7. The lowest BCUT2D eigenvalue weighted by atomic mass is 9.87. The number of non-ortho nitro benzene ring substituents is 1. The van der Waals surface area contributed by atoms with Crippen LogP contribution in [0.1, 0.15) is 29.2 Å². The number of carbonyl (C=O) groups is 1. The molecular weight excluding hydrogens is 476 g/mol. The quantitative estimate of drug-likeness (QED) is 0.337. The second kappa shape index (κ2) is 10.7. The zero-order valence-corrected chi connectivity index (χ0v) is 20.8.